The van der Waals surface area contributed by atoms with Gasteiger partial charge in [0.15, 0.2) is 10.4 Å². The summed E-state index contributed by atoms with van der Waals surface area (Å²) in [5.74, 6) is -3.10. The summed E-state index contributed by atoms with van der Waals surface area (Å²) < 4.78 is 0.685. The zero-order valence-electron chi connectivity index (χ0n) is 16.6. The number of aliphatic carboxylic acids is 1. The lowest BCUT2D eigenvalue weighted by molar-refractivity contribution is -0.151. The third kappa shape index (κ3) is 4.59. The molecule has 2 aliphatic heterocycles. The van der Waals surface area contributed by atoms with E-state index in [-0.39, 0.29) is 16.8 Å². The van der Waals surface area contributed by atoms with Gasteiger partial charge in [-0.05, 0) is 23.3 Å². The number of benzene rings is 1. The number of fused-ring (bicyclic) bond motifs is 1. The van der Waals surface area contributed by atoms with Gasteiger partial charge in [-0.3, -0.25) is 14.5 Å². The van der Waals surface area contributed by atoms with Crippen molar-refractivity contribution in [2.75, 3.05) is 11.5 Å². The predicted octanol–water partition coefficient (Wildman–Crippen LogP) is 0.801. The Bertz CT molecular complexity index is 1140. The van der Waals surface area contributed by atoms with Crippen LogP contribution in [0.25, 0.3) is 0 Å². The Morgan fingerprint density at radius 2 is 1.94 bits per heavy atom. The van der Waals surface area contributed by atoms with Crippen LogP contribution in [0.4, 0.5) is 0 Å². The lowest BCUT2D eigenvalue weighted by Crippen LogP contribution is -2.70. The van der Waals surface area contributed by atoms with Crippen molar-refractivity contribution in [3.05, 3.63) is 52.2 Å². The fraction of sp³-hybridized carbons (Fsp3) is 0.263. The first-order valence-corrected chi connectivity index (χ1v) is 12.3. The number of carbonyl (C=O) groups excluding carboxylic acids is 2. The van der Waals surface area contributed by atoms with Crippen molar-refractivity contribution in [1.82, 2.24) is 20.4 Å². The molecule has 14 heteroatoms. The van der Waals surface area contributed by atoms with Crippen molar-refractivity contribution in [3.8, 4) is 0 Å². The van der Waals surface area contributed by atoms with E-state index in [1.165, 1.54) is 59.1 Å². The maximum Gasteiger partial charge on any atom is 0.352 e. The van der Waals surface area contributed by atoms with Crippen LogP contribution in [0.3, 0.4) is 0 Å². The molecule has 1 aromatic carbocycles. The average Bonchev–Trinajstić information content (AvgIpc) is 3.33. The molecule has 0 radical (unpaired) electrons. The number of hydrogen-bond acceptors (Lipinski definition) is 10. The number of hydrogen-bond donors (Lipinski definition) is 4. The second-order valence-corrected chi connectivity index (χ2v) is 10.1. The van der Waals surface area contributed by atoms with Crippen LogP contribution in [0.15, 0.2) is 45.4 Å². The number of rotatable bonds is 8. The molecule has 172 valence electrons. The summed E-state index contributed by atoms with van der Waals surface area (Å²) in [6.45, 7) is 0. The van der Waals surface area contributed by atoms with E-state index in [1.807, 2.05) is 0 Å². The smallest absolute Gasteiger partial charge is 0.352 e. The van der Waals surface area contributed by atoms with Crippen molar-refractivity contribution in [3.63, 3.8) is 0 Å². The molecule has 1 saturated heterocycles. The van der Waals surface area contributed by atoms with Crippen LogP contribution >= 0.6 is 34.9 Å². The van der Waals surface area contributed by atoms with Gasteiger partial charge in [0.1, 0.15) is 22.6 Å². The molecule has 2 unspecified atom stereocenters. The molecule has 0 saturated carbocycles. The standard InChI is InChI=1S/C19H16N4O7S3/c24-13(8-1-3-9(4-2-8)17(27)28)14(25)21-11-15(26)23-12(18(29)30)10(5-31-16(11)23)6-32-19-22-20-7-33-19/h1-4,7,11,13,16,24H,5-6H2,(H,21,25)(H,27,28)(H,29,30)/t11?,13?,16-/m0/s1. The number of carboxylic acid groups (broad SMARTS) is 2. The normalized spacial score (nSPS) is 20.6. The van der Waals surface area contributed by atoms with Gasteiger partial charge in [-0.1, -0.05) is 35.2 Å². The first kappa shape index (κ1) is 23.2. The molecule has 3 atom stereocenters. The highest BCUT2D eigenvalue weighted by Crippen LogP contribution is 2.41. The van der Waals surface area contributed by atoms with Crippen LogP contribution in [0.5, 0.6) is 0 Å². The SMILES string of the molecule is O=C(O)C1=C(CSc2nncs2)CS[C@H]2C(NC(=O)C(O)c3ccc(C(=O)O)cc3)C(=O)N12. The minimum absolute atomic E-state index is 0.00264. The molecule has 4 rings (SSSR count). The molecule has 2 aliphatic rings. The van der Waals surface area contributed by atoms with Crippen LogP contribution in [0.2, 0.25) is 0 Å². The Labute approximate surface area is 198 Å². The van der Waals surface area contributed by atoms with Crippen LogP contribution in [-0.2, 0) is 14.4 Å². The van der Waals surface area contributed by atoms with Crippen molar-refractivity contribution in [2.24, 2.45) is 0 Å². The lowest BCUT2D eigenvalue weighted by Gasteiger charge is -2.49. The molecule has 3 heterocycles. The molecular formula is C19H16N4O7S3. The number of aromatic nitrogens is 2. The lowest BCUT2D eigenvalue weighted by atomic mass is 10.0. The Morgan fingerprint density at radius 3 is 2.55 bits per heavy atom. The maximum absolute atomic E-state index is 12.7. The van der Waals surface area contributed by atoms with E-state index < -0.39 is 41.3 Å². The number of carbonyl (C=O) groups is 4. The Kier molecular flexibility index (Phi) is 6.69. The van der Waals surface area contributed by atoms with Gasteiger partial charge >= 0.3 is 11.9 Å². The largest absolute Gasteiger partial charge is 0.478 e. The van der Waals surface area contributed by atoms with Gasteiger partial charge in [0, 0.05) is 11.5 Å². The molecule has 2 amide bonds. The predicted molar refractivity (Wildman–Crippen MR) is 119 cm³/mol. The summed E-state index contributed by atoms with van der Waals surface area (Å²) in [6.07, 6.45) is -1.61. The number of nitrogens with one attached hydrogen (secondary N) is 1. The van der Waals surface area contributed by atoms with Gasteiger partial charge in [0.05, 0.1) is 5.56 Å². The van der Waals surface area contributed by atoms with Crippen molar-refractivity contribution >= 4 is 58.6 Å². The quantitative estimate of drug-likeness (QED) is 0.294. The van der Waals surface area contributed by atoms with Crippen molar-refractivity contribution in [2.45, 2.75) is 21.9 Å². The van der Waals surface area contributed by atoms with E-state index >= 15 is 0 Å². The molecule has 0 aliphatic carbocycles. The van der Waals surface area contributed by atoms with Crippen LogP contribution < -0.4 is 5.32 Å². The number of amides is 2. The molecule has 1 fully saturated rings. The summed E-state index contributed by atoms with van der Waals surface area (Å²) >= 11 is 3.98. The van der Waals surface area contributed by atoms with Gasteiger partial charge in [-0.15, -0.1) is 22.0 Å². The zero-order valence-corrected chi connectivity index (χ0v) is 19.0. The minimum atomic E-state index is -1.61. The molecule has 11 nitrogen and oxygen atoms in total. The van der Waals surface area contributed by atoms with E-state index in [0.29, 0.717) is 21.4 Å². The molecule has 4 N–H and O–H groups in total. The number of aliphatic hydroxyl groups is 1. The molecular weight excluding hydrogens is 492 g/mol. The zero-order chi connectivity index (χ0) is 23.7. The number of aliphatic hydroxyl groups excluding tert-OH is 1. The van der Waals surface area contributed by atoms with Gasteiger partial charge in [-0.2, -0.15) is 0 Å². The van der Waals surface area contributed by atoms with Crippen LogP contribution in [0, 0.1) is 0 Å². The summed E-state index contributed by atoms with van der Waals surface area (Å²) in [4.78, 5) is 49.2. The fourth-order valence-electron chi connectivity index (χ4n) is 3.36. The topological polar surface area (TPSA) is 170 Å². The third-order valence-electron chi connectivity index (χ3n) is 4.98. The Morgan fingerprint density at radius 1 is 1.21 bits per heavy atom. The third-order valence-corrected chi connectivity index (χ3v) is 8.27. The Balaban J connectivity index is 1.43. The molecule has 1 aromatic heterocycles. The van der Waals surface area contributed by atoms with Crippen LogP contribution in [0.1, 0.15) is 22.0 Å². The molecule has 0 spiro atoms. The first-order chi connectivity index (χ1) is 15.8. The van der Waals surface area contributed by atoms with Crippen LogP contribution in [-0.4, -0.2) is 77.1 Å². The summed E-state index contributed by atoms with van der Waals surface area (Å²) in [5.41, 5.74) is 2.21. The highest BCUT2D eigenvalue weighted by Gasteiger charge is 2.54. The van der Waals surface area contributed by atoms with Gasteiger partial charge < -0.3 is 20.6 Å². The second kappa shape index (κ2) is 9.51. The van der Waals surface area contributed by atoms with E-state index in [2.05, 4.69) is 15.5 Å². The first-order valence-electron chi connectivity index (χ1n) is 9.38. The fourth-order valence-corrected chi connectivity index (χ4v) is 6.33. The summed E-state index contributed by atoms with van der Waals surface area (Å²) in [5, 5.41) is 38.5. The Hall–Kier alpha value is -2.94. The second-order valence-electron chi connectivity index (χ2n) is 6.98. The number of β-lactam (4-membered cyclic amide) rings is 1. The molecule has 33 heavy (non-hydrogen) atoms. The van der Waals surface area contributed by atoms with Crippen molar-refractivity contribution in [1.29, 1.82) is 0 Å². The monoisotopic (exact) mass is 508 g/mol. The highest BCUT2D eigenvalue weighted by molar-refractivity contribution is 8.01. The van der Waals surface area contributed by atoms with E-state index in [0.717, 1.165) is 4.90 Å². The van der Waals surface area contributed by atoms with Gasteiger partial charge in [-0.25, -0.2) is 9.59 Å². The molecule has 0 bridgehead atoms. The maximum atomic E-state index is 12.7. The number of nitrogens with zero attached hydrogens (tertiary/aromatic N) is 3. The number of aromatic carboxylic acids is 1. The van der Waals surface area contributed by atoms with Gasteiger partial charge in [0.2, 0.25) is 0 Å². The van der Waals surface area contributed by atoms with E-state index in [1.54, 1.807) is 5.51 Å². The number of carboxylic acids is 2. The average molecular weight is 509 g/mol. The van der Waals surface area contributed by atoms with Crippen molar-refractivity contribution < 1.29 is 34.5 Å². The summed E-state index contributed by atoms with van der Waals surface area (Å²) in [6, 6.07) is 4.15. The number of thioether (sulfide) groups is 2. The van der Waals surface area contributed by atoms with E-state index in [4.69, 9.17) is 5.11 Å². The highest BCUT2D eigenvalue weighted by atomic mass is 32.2. The van der Waals surface area contributed by atoms with E-state index in [9.17, 15) is 29.4 Å². The molecule has 2 aromatic rings. The van der Waals surface area contributed by atoms with Gasteiger partial charge in [0.25, 0.3) is 11.8 Å². The summed E-state index contributed by atoms with van der Waals surface area (Å²) in [7, 11) is 0. The minimum Gasteiger partial charge on any atom is -0.478 e.